The lowest BCUT2D eigenvalue weighted by atomic mass is 10.2. The number of carbonyl (C=O) groups excluding carboxylic acids is 1. The lowest BCUT2D eigenvalue weighted by molar-refractivity contribution is -0.132. The topological polar surface area (TPSA) is 67.4 Å². The summed E-state index contributed by atoms with van der Waals surface area (Å²) in [6, 6.07) is 3.73. The molecule has 7 nitrogen and oxygen atoms in total. The second-order valence-corrected chi connectivity index (χ2v) is 8.62. The zero-order chi connectivity index (χ0) is 19.4. The summed E-state index contributed by atoms with van der Waals surface area (Å²) in [4.78, 5) is 17.2. The summed E-state index contributed by atoms with van der Waals surface area (Å²) in [6.45, 7) is 13.7. The van der Waals surface area contributed by atoms with Crippen molar-refractivity contribution in [2.24, 2.45) is 5.92 Å². The average molecular weight is 392 g/mol. The third kappa shape index (κ3) is 4.73. The van der Waals surface area contributed by atoms with Gasteiger partial charge in [-0.1, -0.05) is 32.5 Å². The van der Waals surface area contributed by atoms with Gasteiger partial charge in [-0.2, -0.15) is 0 Å². The fraction of sp³-hybridized carbons (Fsp3) is 0.632. The van der Waals surface area contributed by atoms with Crippen molar-refractivity contribution in [1.29, 1.82) is 0 Å². The highest BCUT2D eigenvalue weighted by molar-refractivity contribution is 8.00. The second-order valence-electron chi connectivity index (χ2n) is 7.31. The minimum Gasteiger partial charge on any atom is -0.461 e. The summed E-state index contributed by atoms with van der Waals surface area (Å²) >= 11 is 1.48. The number of likely N-dealkylation sites (N-methyl/N-ethyl adjacent to an activating group) is 1. The third-order valence-corrected chi connectivity index (χ3v) is 5.84. The maximum absolute atomic E-state index is 12.9. The fourth-order valence-corrected chi connectivity index (χ4v) is 4.19. The summed E-state index contributed by atoms with van der Waals surface area (Å²) in [5.41, 5.74) is 0. The molecule has 3 rings (SSSR count). The molecule has 1 fully saturated rings. The van der Waals surface area contributed by atoms with Crippen LogP contribution in [0, 0.1) is 5.92 Å². The summed E-state index contributed by atoms with van der Waals surface area (Å²) in [5.74, 6) is 2.02. The summed E-state index contributed by atoms with van der Waals surface area (Å²) in [6.07, 6.45) is 1.64. The van der Waals surface area contributed by atoms with E-state index in [1.165, 1.54) is 11.8 Å². The van der Waals surface area contributed by atoms with Gasteiger partial charge in [0.05, 0.1) is 11.5 Å². The molecule has 3 heterocycles. The number of thioether (sulfide) groups is 1. The van der Waals surface area contributed by atoms with E-state index in [2.05, 4.69) is 40.4 Å². The smallest absolute Gasteiger partial charge is 0.235 e. The van der Waals surface area contributed by atoms with Gasteiger partial charge in [-0.3, -0.25) is 9.36 Å². The van der Waals surface area contributed by atoms with Crippen LogP contribution in [0.2, 0.25) is 0 Å². The number of rotatable bonds is 7. The minimum atomic E-state index is -0.197. The van der Waals surface area contributed by atoms with E-state index in [0.717, 1.165) is 44.4 Å². The van der Waals surface area contributed by atoms with Gasteiger partial charge >= 0.3 is 0 Å². The van der Waals surface area contributed by atoms with Crippen molar-refractivity contribution in [3.8, 4) is 11.6 Å². The summed E-state index contributed by atoms with van der Waals surface area (Å²) in [5, 5.41) is 9.25. The van der Waals surface area contributed by atoms with Gasteiger partial charge in [-0.25, -0.2) is 0 Å². The second kappa shape index (κ2) is 8.93. The molecule has 1 aliphatic rings. The summed E-state index contributed by atoms with van der Waals surface area (Å²) < 4.78 is 7.57. The van der Waals surface area contributed by atoms with E-state index >= 15 is 0 Å². The van der Waals surface area contributed by atoms with Crippen LogP contribution in [0.1, 0.15) is 27.7 Å². The molecule has 0 radical (unpaired) electrons. The number of aromatic nitrogens is 3. The molecule has 1 unspecified atom stereocenters. The fourth-order valence-electron chi connectivity index (χ4n) is 3.24. The largest absolute Gasteiger partial charge is 0.461 e. The molecule has 8 heteroatoms. The molecule has 27 heavy (non-hydrogen) atoms. The zero-order valence-corrected chi connectivity index (χ0v) is 17.4. The Balaban J connectivity index is 1.72. The highest BCUT2D eigenvalue weighted by atomic mass is 32.2. The highest BCUT2D eigenvalue weighted by Crippen LogP contribution is 2.28. The Morgan fingerprint density at radius 2 is 1.96 bits per heavy atom. The molecule has 1 atom stereocenters. The molecule has 1 amide bonds. The Labute approximate surface area is 165 Å². The Morgan fingerprint density at radius 1 is 1.22 bits per heavy atom. The van der Waals surface area contributed by atoms with E-state index < -0.39 is 0 Å². The van der Waals surface area contributed by atoms with Gasteiger partial charge in [-0.15, -0.1) is 10.2 Å². The standard InChI is InChI=1S/C19H29N5O2S/c1-5-22-8-10-23(11-9-22)18(25)15(4)27-19-21-20-17(16-7-6-12-26-16)24(19)13-14(2)3/h6-7,12,14-15H,5,8-11,13H2,1-4H3. The number of piperazine rings is 1. The number of carbonyl (C=O) groups is 1. The number of hydrogen-bond donors (Lipinski definition) is 0. The van der Waals surface area contributed by atoms with Gasteiger partial charge in [0.1, 0.15) is 0 Å². The van der Waals surface area contributed by atoms with E-state index in [0.29, 0.717) is 17.5 Å². The molecule has 0 saturated carbocycles. The highest BCUT2D eigenvalue weighted by Gasteiger charge is 2.27. The van der Waals surface area contributed by atoms with Crippen molar-refractivity contribution < 1.29 is 9.21 Å². The van der Waals surface area contributed by atoms with Crippen LogP contribution in [-0.4, -0.2) is 68.4 Å². The van der Waals surface area contributed by atoms with Crippen molar-refractivity contribution in [2.75, 3.05) is 32.7 Å². The van der Waals surface area contributed by atoms with Crippen LogP contribution in [0.15, 0.2) is 28.0 Å². The molecular weight excluding hydrogens is 362 g/mol. The summed E-state index contributed by atoms with van der Waals surface area (Å²) in [7, 11) is 0. The van der Waals surface area contributed by atoms with E-state index in [-0.39, 0.29) is 11.2 Å². The molecule has 0 aromatic carbocycles. The van der Waals surface area contributed by atoms with Crippen molar-refractivity contribution in [3.63, 3.8) is 0 Å². The number of hydrogen-bond acceptors (Lipinski definition) is 6. The molecule has 148 valence electrons. The molecule has 2 aromatic rings. The van der Waals surface area contributed by atoms with Crippen LogP contribution in [0.5, 0.6) is 0 Å². The first kappa shape index (κ1) is 19.9. The minimum absolute atomic E-state index is 0.175. The van der Waals surface area contributed by atoms with Gasteiger partial charge in [0.25, 0.3) is 0 Å². The maximum atomic E-state index is 12.9. The van der Waals surface area contributed by atoms with Gasteiger partial charge < -0.3 is 14.2 Å². The van der Waals surface area contributed by atoms with Crippen molar-refractivity contribution in [3.05, 3.63) is 18.4 Å². The molecule has 2 aromatic heterocycles. The Morgan fingerprint density at radius 3 is 2.56 bits per heavy atom. The molecule has 0 spiro atoms. The molecule has 1 aliphatic heterocycles. The van der Waals surface area contributed by atoms with Crippen LogP contribution in [0.4, 0.5) is 0 Å². The molecule has 0 bridgehead atoms. The lowest BCUT2D eigenvalue weighted by Crippen LogP contribution is -2.50. The van der Waals surface area contributed by atoms with Crippen LogP contribution < -0.4 is 0 Å². The van der Waals surface area contributed by atoms with Crippen molar-refractivity contribution in [2.45, 2.75) is 44.6 Å². The Bertz CT molecular complexity index is 735. The zero-order valence-electron chi connectivity index (χ0n) is 16.6. The SMILES string of the molecule is CCN1CCN(C(=O)C(C)Sc2nnc(-c3ccco3)n2CC(C)C)CC1. The first-order valence-electron chi connectivity index (χ1n) is 9.64. The number of furan rings is 1. The van der Waals surface area contributed by atoms with Gasteiger partial charge in [-0.05, 0) is 31.5 Å². The van der Waals surface area contributed by atoms with Gasteiger partial charge in [0.2, 0.25) is 5.91 Å². The van der Waals surface area contributed by atoms with Crippen LogP contribution in [-0.2, 0) is 11.3 Å². The molecule has 0 aliphatic carbocycles. The quantitative estimate of drug-likeness (QED) is 0.676. The van der Waals surface area contributed by atoms with E-state index in [4.69, 9.17) is 4.42 Å². The van der Waals surface area contributed by atoms with Crippen LogP contribution >= 0.6 is 11.8 Å². The maximum Gasteiger partial charge on any atom is 0.235 e. The van der Waals surface area contributed by atoms with Crippen LogP contribution in [0.3, 0.4) is 0 Å². The predicted molar refractivity (Wildman–Crippen MR) is 107 cm³/mol. The van der Waals surface area contributed by atoms with Crippen molar-refractivity contribution >= 4 is 17.7 Å². The monoisotopic (exact) mass is 391 g/mol. The molecular formula is C19H29N5O2S. The number of amides is 1. The third-order valence-electron chi connectivity index (χ3n) is 4.77. The van der Waals surface area contributed by atoms with Crippen molar-refractivity contribution in [1.82, 2.24) is 24.6 Å². The average Bonchev–Trinajstić information content (AvgIpc) is 3.31. The first-order valence-corrected chi connectivity index (χ1v) is 10.5. The molecule has 0 N–H and O–H groups in total. The molecule has 1 saturated heterocycles. The van der Waals surface area contributed by atoms with Gasteiger partial charge in [0, 0.05) is 32.7 Å². The Hall–Kier alpha value is -1.80. The number of nitrogens with zero attached hydrogens (tertiary/aromatic N) is 5. The van der Waals surface area contributed by atoms with E-state index in [1.807, 2.05) is 24.0 Å². The predicted octanol–water partition coefficient (Wildman–Crippen LogP) is 2.84. The van der Waals surface area contributed by atoms with Crippen LogP contribution in [0.25, 0.3) is 11.6 Å². The lowest BCUT2D eigenvalue weighted by Gasteiger charge is -2.35. The first-order chi connectivity index (χ1) is 13.0. The Kier molecular flexibility index (Phi) is 6.59. The van der Waals surface area contributed by atoms with E-state index in [9.17, 15) is 4.79 Å². The van der Waals surface area contributed by atoms with E-state index in [1.54, 1.807) is 6.26 Å². The normalized spacial score (nSPS) is 16.9. The van der Waals surface area contributed by atoms with Gasteiger partial charge in [0.15, 0.2) is 16.7 Å².